The van der Waals surface area contributed by atoms with E-state index in [9.17, 15) is 9.90 Å². The summed E-state index contributed by atoms with van der Waals surface area (Å²) in [6.07, 6.45) is 46.5. The molecular weight excluding hydrogens is 585 g/mol. The standard InChI is InChI=1S/C46H92O2/c1-7-13-18-23-30-37-45(38-31-24-19-14-8-2,39-32-25-20-15-9-3)43(12-6)36-29-28-35-42-46(44(47)48,40-33-26-21-16-10-4)41-34-27-22-17-11-5/h43H,7-42H2,1-6H3,(H,47,48). The van der Waals surface area contributed by atoms with Gasteiger partial charge in [-0.15, -0.1) is 0 Å². The predicted octanol–water partition coefficient (Wildman–Crippen LogP) is 16.8. The smallest absolute Gasteiger partial charge is 0.309 e. The minimum absolute atomic E-state index is 0.484. The van der Waals surface area contributed by atoms with Gasteiger partial charge in [0.25, 0.3) is 0 Å². The first-order valence-electron chi connectivity index (χ1n) is 22.6. The molecule has 0 radical (unpaired) electrons. The first kappa shape index (κ1) is 47.5. The van der Waals surface area contributed by atoms with Crippen molar-refractivity contribution in [3.63, 3.8) is 0 Å². The summed E-state index contributed by atoms with van der Waals surface area (Å²) in [7, 11) is 0. The quantitative estimate of drug-likeness (QED) is 0.0658. The second-order valence-electron chi connectivity index (χ2n) is 16.5. The molecule has 1 atom stereocenters. The summed E-state index contributed by atoms with van der Waals surface area (Å²) in [6.45, 7) is 14.0. The molecule has 0 aliphatic heterocycles. The molecule has 1 N–H and O–H groups in total. The zero-order valence-electron chi connectivity index (χ0n) is 34.4. The number of hydrogen-bond donors (Lipinski definition) is 1. The zero-order valence-corrected chi connectivity index (χ0v) is 34.4. The van der Waals surface area contributed by atoms with Gasteiger partial charge >= 0.3 is 5.97 Å². The Labute approximate surface area is 304 Å². The van der Waals surface area contributed by atoms with Gasteiger partial charge in [0.1, 0.15) is 0 Å². The molecule has 0 bridgehead atoms. The number of unbranched alkanes of at least 4 members (excludes halogenated alkanes) is 22. The fourth-order valence-corrected chi connectivity index (χ4v) is 9.03. The lowest BCUT2D eigenvalue weighted by atomic mass is 9.63. The molecule has 0 aliphatic rings. The van der Waals surface area contributed by atoms with Crippen molar-refractivity contribution in [2.45, 2.75) is 273 Å². The van der Waals surface area contributed by atoms with Gasteiger partial charge in [0.2, 0.25) is 0 Å². The molecule has 1 unspecified atom stereocenters. The maximum Gasteiger partial charge on any atom is 0.309 e. The van der Waals surface area contributed by atoms with Crippen molar-refractivity contribution in [3.8, 4) is 0 Å². The number of aliphatic carboxylic acids is 1. The van der Waals surface area contributed by atoms with E-state index in [0.29, 0.717) is 5.41 Å². The van der Waals surface area contributed by atoms with Gasteiger partial charge in [0, 0.05) is 0 Å². The molecule has 0 aromatic heterocycles. The molecule has 2 nitrogen and oxygen atoms in total. The van der Waals surface area contributed by atoms with Crippen molar-refractivity contribution < 1.29 is 9.90 Å². The lowest BCUT2D eigenvalue weighted by Gasteiger charge is -2.42. The van der Waals surface area contributed by atoms with Gasteiger partial charge in [-0.3, -0.25) is 4.79 Å². The molecule has 0 amide bonds. The minimum Gasteiger partial charge on any atom is -0.481 e. The van der Waals surface area contributed by atoms with Crippen molar-refractivity contribution in [2.24, 2.45) is 16.7 Å². The Hall–Kier alpha value is -0.530. The van der Waals surface area contributed by atoms with Crippen LogP contribution in [0.4, 0.5) is 0 Å². The third-order valence-corrected chi connectivity index (χ3v) is 12.4. The third kappa shape index (κ3) is 23.0. The van der Waals surface area contributed by atoms with E-state index in [2.05, 4.69) is 41.5 Å². The Morgan fingerprint density at radius 1 is 0.396 bits per heavy atom. The lowest BCUT2D eigenvalue weighted by Crippen LogP contribution is -2.32. The molecule has 0 aromatic rings. The van der Waals surface area contributed by atoms with Crippen molar-refractivity contribution in [1.82, 2.24) is 0 Å². The van der Waals surface area contributed by atoms with Gasteiger partial charge in [-0.1, -0.05) is 228 Å². The average Bonchev–Trinajstić information content (AvgIpc) is 3.08. The first-order valence-corrected chi connectivity index (χ1v) is 22.6. The van der Waals surface area contributed by atoms with Gasteiger partial charge in [-0.25, -0.2) is 0 Å². The summed E-state index contributed by atoms with van der Waals surface area (Å²) < 4.78 is 0. The van der Waals surface area contributed by atoms with Crippen molar-refractivity contribution >= 4 is 5.97 Å². The van der Waals surface area contributed by atoms with E-state index < -0.39 is 11.4 Å². The number of carbonyl (C=O) groups is 1. The molecule has 2 heteroatoms. The van der Waals surface area contributed by atoms with Crippen LogP contribution >= 0.6 is 0 Å². The largest absolute Gasteiger partial charge is 0.481 e. The van der Waals surface area contributed by atoms with Crippen molar-refractivity contribution in [3.05, 3.63) is 0 Å². The van der Waals surface area contributed by atoms with Crippen LogP contribution in [0.5, 0.6) is 0 Å². The molecule has 0 fully saturated rings. The van der Waals surface area contributed by atoms with Crippen LogP contribution in [0.3, 0.4) is 0 Å². The summed E-state index contributed by atoms with van der Waals surface area (Å²) >= 11 is 0. The lowest BCUT2D eigenvalue weighted by molar-refractivity contribution is -0.150. The Balaban J connectivity index is 5.57. The predicted molar refractivity (Wildman–Crippen MR) is 216 cm³/mol. The highest BCUT2D eigenvalue weighted by Crippen LogP contribution is 2.48. The number of carboxylic acids is 1. The Morgan fingerprint density at radius 2 is 0.667 bits per heavy atom. The summed E-state index contributed by atoms with van der Waals surface area (Å²) in [4.78, 5) is 12.9. The zero-order chi connectivity index (χ0) is 35.6. The van der Waals surface area contributed by atoms with E-state index in [1.165, 1.54) is 193 Å². The van der Waals surface area contributed by atoms with Crippen LogP contribution in [0.25, 0.3) is 0 Å². The fourth-order valence-electron chi connectivity index (χ4n) is 9.03. The molecule has 288 valence electrons. The number of rotatable bonds is 39. The van der Waals surface area contributed by atoms with Crippen LogP contribution in [-0.4, -0.2) is 11.1 Å². The molecule has 0 aromatic carbocycles. The molecule has 0 spiro atoms. The highest BCUT2D eigenvalue weighted by Gasteiger charge is 2.38. The van der Waals surface area contributed by atoms with Gasteiger partial charge in [-0.2, -0.15) is 0 Å². The van der Waals surface area contributed by atoms with E-state index in [-0.39, 0.29) is 0 Å². The van der Waals surface area contributed by atoms with Crippen LogP contribution in [0.1, 0.15) is 273 Å². The summed E-state index contributed by atoms with van der Waals surface area (Å²) in [5, 5.41) is 10.6. The molecule has 0 heterocycles. The maximum atomic E-state index is 12.9. The fraction of sp³-hybridized carbons (Fsp3) is 0.978. The third-order valence-electron chi connectivity index (χ3n) is 12.4. The monoisotopic (exact) mass is 677 g/mol. The average molecular weight is 677 g/mol. The number of hydrogen-bond acceptors (Lipinski definition) is 1. The molecule has 0 rings (SSSR count). The summed E-state index contributed by atoms with van der Waals surface area (Å²) in [6, 6.07) is 0. The van der Waals surface area contributed by atoms with Crippen molar-refractivity contribution in [2.75, 3.05) is 0 Å². The van der Waals surface area contributed by atoms with E-state index in [4.69, 9.17) is 0 Å². The van der Waals surface area contributed by atoms with Gasteiger partial charge < -0.3 is 5.11 Å². The molecule has 48 heavy (non-hydrogen) atoms. The first-order chi connectivity index (χ1) is 23.4. The van der Waals surface area contributed by atoms with Gasteiger partial charge in [-0.05, 0) is 56.3 Å². The van der Waals surface area contributed by atoms with Gasteiger partial charge in [0.05, 0.1) is 5.41 Å². The van der Waals surface area contributed by atoms with Crippen molar-refractivity contribution in [1.29, 1.82) is 0 Å². The molecule has 0 aliphatic carbocycles. The Kier molecular flexibility index (Phi) is 33.2. The summed E-state index contributed by atoms with van der Waals surface area (Å²) in [5.74, 6) is 0.343. The van der Waals surface area contributed by atoms with Crippen LogP contribution in [0, 0.1) is 16.7 Å². The van der Waals surface area contributed by atoms with Crippen LogP contribution < -0.4 is 0 Å². The molecule has 0 saturated heterocycles. The van der Waals surface area contributed by atoms with E-state index in [1.807, 2.05) is 0 Å². The highest BCUT2D eigenvalue weighted by molar-refractivity contribution is 5.74. The molecule has 0 saturated carbocycles. The Bertz CT molecular complexity index is 619. The topological polar surface area (TPSA) is 37.3 Å². The minimum atomic E-state index is -0.492. The second kappa shape index (κ2) is 33.6. The van der Waals surface area contributed by atoms with Gasteiger partial charge in [0.15, 0.2) is 0 Å². The SMILES string of the molecule is CCCCCCCC(CCCCCCC)(CCCCCC(CC)C(CCCCCCC)(CCCCCCC)CCCCCCC)C(=O)O. The number of carboxylic acid groups (broad SMARTS) is 1. The maximum absolute atomic E-state index is 12.9. The molecular formula is C46H92O2. The van der Waals surface area contributed by atoms with E-state index in [0.717, 1.165) is 44.4 Å². The van der Waals surface area contributed by atoms with E-state index in [1.54, 1.807) is 0 Å². The van der Waals surface area contributed by atoms with Crippen LogP contribution in [-0.2, 0) is 4.79 Å². The van der Waals surface area contributed by atoms with E-state index >= 15 is 0 Å². The second-order valence-corrected chi connectivity index (χ2v) is 16.5. The Morgan fingerprint density at radius 3 is 0.938 bits per heavy atom. The normalized spacial score (nSPS) is 13.0. The highest BCUT2D eigenvalue weighted by atomic mass is 16.4. The summed E-state index contributed by atoms with van der Waals surface area (Å²) in [5.41, 5.74) is 0.0446. The van der Waals surface area contributed by atoms with Crippen LogP contribution in [0.2, 0.25) is 0 Å². The van der Waals surface area contributed by atoms with Crippen LogP contribution in [0.15, 0.2) is 0 Å².